The van der Waals surface area contributed by atoms with Gasteiger partial charge in [0.2, 0.25) is 5.91 Å². The van der Waals surface area contributed by atoms with Crippen LogP contribution in [0.15, 0.2) is 32.5 Å². The van der Waals surface area contributed by atoms with Gasteiger partial charge in [-0.25, -0.2) is 0 Å². The summed E-state index contributed by atoms with van der Waals surface area (Å²) in [6, 6.07) is 8.48. The van der Waals surface area contributed by atoms with Gasteiger partial charge in [-0.15, -0.1) is 11.3 Å². The Kier molecular flexibility index (Phi) is 4.60. The number of hydrogen-bond donors (Lipinski definition) is 0. The first kappa shape index (κ1) is 15.7. The van der Waals surface area contributed by atoms with Gasteiger partial charge in [-0.3, -0.25) is 4.79 Å². The lowest BCUT2D eigenvalue weighted by Crippen LogP contribution is -2.31. The molecule has 2 nitrogen and oxygen atoms in total. The molecule has 110 valence electrons. The number of amides is 1. The number of alkyl halides is 1. The molecule has 0 radical (unpaired) electrons. The van der Waals surface area contributed by atoms with Crippen molar-refractivity contribution in [1.29, 1.82) is 0 Å². The minimum atomic E-state index is 0.165. The smallest absolute Gasteiger partial charge is 0.227 e. The molecule has 21 heavy (non-hydrogen) atoms. The van der Waals surface area contributed by atoms with E-state index in [9.17, 15) is 4.79 Å². The molecular formula is C15H12Br3NOS. The third-order valence-corrected chi connectivity index (χ3v) is 8.30. The molecule has 0 fully saturated rings. The molecular weight excluding hydrogens is 482 g/mol. The van der Waals surface area contributed by atoms with E-state index in [2.05, 4.69) is 66.0 Å². The Labute approximate surface area is 152 Å². The van der Waals surface area contributed by atoms with Gasteiger partial charge in [-0.2, -0.15) is 0 Å². The molecule has 0 saturated carbocycles. The summed E-state index contributed by atoms with van der Waals surface area (Å²) < 4.78 is 2.18. The molecule has 2 aromatic rings. The molecule has 0 bridgehead atoms. The maximum absolute atomic E-state index is 11.7. The van der Waals surface area contributed by atoms with Crippen molar-refractivity contribution >= 4 is 70.7 Å². The van der Waals surface area contributed by atoms with Crippen molar-refractivity contribution in [3.05, 3.63) is 48.5 Å². The number of halogens is 3. The second-order valence-corrected chi connectivity index (χ2v) is 9.15. The molecule has 0 saturated heterocycles. The highest BCUT2D eigenvalue weighted by molar-refractivity contribution is 9.13. The van der Waals surface area contributed by atoms with Gasteiger partial charge in [0.15, 0.2) is 0 Å². The molecule has 1 aromatic heterocycles. The van der Waals surface area contributed by atoms with Crippen molar-refractivity contribution in [2.24, 2.45) is 0 Å². The topological polar surface area (TPSA) is 20.3 Å². The van der Waals surface area contributed by atoms with Gasteiger partial charge in [-0.05, 0) is 61.5 Å². The molecule has 1 aliphatic heterocycles. The summed E-state index contributed by atoms with van der Waals surface area (Å²) in [5.41, 5.74) is 3.50. The first-order valence-corrected chi connectivity index (χ1v) is 9.77. The summed E-state index contributed by atoms with van der Waals surface area (Å²) in [5, 5.41) is 0. The molecule has 1 amide bonds. The van der Waals surface area contributed by atoms with Gasteiger partial charge in [0.25, 0.3) is 0 Å². The molecule has 2 heterocycles. The Morgan fingerprint density at radius 3 is 2.67 bits per heavy atom. The normalized spacial score (nSPS) is 16.0. The SMILES string of the molecule is CN1C(=O)CCc2cc(C(Br)c3cc(Br)c(Br)s3)ccc21. The van der Waals surface area contributed by atoms with Gasteiger partial charge in [-0.1, -0.05) is 28.1 Å². The van der Waals surface area contributed by atoms with Crippen molar-refractivity contribution in [2.45, 2.75) is 17.7 Å². The van der Waals surface area contributed by atoms with E-state index in [-0.39, 0.29) is 10.7 Å². The lowest BCUT2D eigenvalue weighted by molar-refractivity contribution is -0.118. The van der Waals surface area contributed by atoms with Crippen molar-refractivity contribution in [3.8, 4) is 0 Å². The Hall–Kier alpha value is -0.170. The fourth-order valence-corrected chi connectivity index (χ4v) is 5.28. The first-order valence-electron chi connectivity index (χ1n) is 6.45. The Bertz CT molecular complexity index is 693. The minimum absolute atomic E-state index is 0.165. The average molecular weight is 494 g/mol. The van der Waals surface area contributed by atoms with Crippen LogP contribution < -0.4 is 4.90 Å². The Morgan fingerprint density at radius 1 is 1.24 bits per heavy atom. The number of anilines is 1. The molecule has 1 aliphatic rings. The molecule has 1 atom stereocenters. The number of carbonyl (C=O) groups excluding carboxylic acids is 1. The van der Waals surface area contributed by atoms with E-state index < -0.39 is 0 Å². The molecule has 1 aromatic carbocycles. The second kappa shape index (κ2) is 6.14. The molecule has 0 N–H and O–H groups in total. The highest BCUT2D eigenvalue weighted by Crippen LogP contribution is 2.42. The molecule has 3 rings (SSSR count). The summed E-state index contributed by atoms with van der Waals surface area (Å²) in [4.78, 5) is 14.9. The van der Waals surface area contributed by atoms with Gasteiger partial charge in [0, 0.05) is 28.5 Å². The molecule has 6 heteroatoms. The lowest BCUT2D eigenvalue weighted by atomic mass is 9.98. The van der Waals surface area contributed by atoms with Gasteiger partial charge in [0.1, 0.15) is 0 Å². The maximum atomic E-state index is 11.7. The first-order chi connectivity index (χ1) is 9.97. The fourth-order valence-electron chi connectivity index (χ4n) is 2.49. The van der Waals surface area contributed by atoms with Gasteiger partial charge < -0.3 is 4.90 Å². The van der Waals surface area contributed by atoms with E-state index in [1.807, 2.05) is 13.1 Å². The summed E-state index contributed by atoms with van der Waals surface area (Å²) in [5.74, 6) is 0.191. The zero-order chi connectivity index (χ0) is 15.1. The number of benzene rings is 1. The number of carbonyl (C=O) groups is 1. The van der Waals surface area contributed by atoms with Crippen LogP contribution in [0.5, 0.6) is 0 Å². The fraction of sp³-hybridized carbons (Fsp3) is 0.267. The molecule has 0 spiro atoms. The van der Waals surface area contributed by atoms with Gasteiger partial charge >= 0.3 is 0 Å². The van der Waals surface area contributed by atoms with Crippen LogP contribution >= 0.6 is 59.1 Å². The Balaban J connectivity index is 1.95. The van der Waals surface area contributed by atoms with E-state index in [0.29, 0.717) is 6.42 Å². The van der Waals surface area contributed by atoms with Crippen molar-refractivity contribution in [2.75, 3.05) is 11.9 Å². The van der Waals surface area contributed by atoms with Gasteiger partial charge in [0.05, 0.1) is 8.61 Å². The number of fused-ring (bicyclic) bond motifs is 1. The third-order valence-electron chi connectivity index (χ3n) is 3.65. The molecule has 1 unspecified atom stereocenters. The predicted octanol–water partition coefficient (Wildman–Crippen LogP) is 5.67. The summed E-state index contributed by atoms with van der Waals surface area (Å²) >= 11 is 12.6. The van der Waals surface area contributed by atoms with Crippen LogP contribution in [0.4, 0.5) is 5.69 Å². The third kappa shape index (κ3) is 3.00. The van der Waals surface area contributed by atoms with Crippen LogP contribution in [0.1, 0.15) is 27.3 Å². The maximum Gasteiger partial charge on any atom is 0.227 e. The number of rotatable bonds is 2. The zero-order valence-electron chi connectivity index (χ0n) is 11.2. The van der Waals surface area contributed by atoms with Crippen LogP contribution in [0, 0.1) is 0 Å². The lowest BCUT2D eigenvalue weighted by Gasteiger charge is -2.26. The van der Waals surface area contributed by atoms with Crippen LogP contribution in [0.25, 0.3) is 0 Å². The van der Waals surface area contributed by atoms with Crippen molar-refractivity contribution < 1.29 is 4.79 Å². The van der Waals surface area contributed by atoms with Crippen LogP contribution in [0.3, 0.4) is 0 Å². The highest BCUT2D eigenvalue weighted by atomic mass is 79.9. The number of aryl methyl sites for hydroxylation is 1. The zero-order valence-corrected chi connectivity index (χ0v) is 16.8. The minimum Gasteiger partial charge on any atom is -0.315 e. The van der Waals surface area contributed by atoms with Crippen molar-refractivity contribution in [3.63, 3.8) is 0 Å². The average Bonchev–Trinajstić information content (AvgIpc) is 2.81. The number of hydrogen-bond acceptors (Lipinski definition) is 2. The number of nitrogens with zero attached hydrogens (tertiary/aromatic N) is 1. The van der Waals surface area contributed by atoms with E-state index >= 15 is 0 Å². The Morgan fingerprint density at radius 2 is 2.00 bits per heavy atom. The van der Waals surface area contributed by atoms with Crippen LogP contribution in [-0.4, -0.2) is 13.0 Å². The summed E-state index contributed by atoms with van der Waals surface area (Å²) in [7, 11) is 1.85. The van der Waals surface area contributed by atoms with E-state index in [1.165, 1.54) is 16.0 Å². The quantitative estimate of drug-likeness (QED) is 0.494. The largest absolute Gasteiger partial charge is 0.315 e. The standard InChI is InChI=1S/C15H12Br3NOS/c1-19-11-4-2-9(6-8(11)3-5-13(19)20)14(17)12-7-10(16)15(18)21-12/h2,4,6-7,14H,3,5H2,1H3. The van der Waals surface area contributed by atoms with E-state index in [0.717, 1.165) is 20.4 Å². The predicted molar refractivity (Wildman–Crippen MR) is 98.7 cm³/mol. The van der Waals surface area contributed by atoms with Crippen LogP contribution in [0.2, 0.25) is 0 Å². The van der Waals surface area contributed by atoms with E-state index in [1.54, 1.807) is 16.2 Å². The van der Waals surface area contributed by atoms with E-state index in [4.69, 9.17) is 0 Å². The highest BCUT2D eigenvalue weighted by Gasteiger charge is 2.22. The summed E-state index contributed by atoms with van der Waals surface area (Å²) in [6.07, 6.45) is 1.42. The second-order valence-electron chi connectivity index (χ2n) is 4.97. The van der Waals surface area contributed by atoms with Crippen molar-refractivity contribution in [1.82, 2.24) is 0 Å². The van der Waals surface area contributed by atoms with Crippen LogP contribution in [-0.2, 0) is 11.2 Å². The number of thiophene rings is 1. The molecule has 0 aliphatic carbocycles. The monoisotopic (exact) mass is 491 g/mol. The summed E-state index contributed by atoms with van der Waals surface area (Å²) in [6.45, 7) is 0.